The summed E-state index contributed by atoms with van der Waals surface area (Å²) in [6, 6.07) is 7.54. The second-order valence-corrected chi connectivity index (χ2v) is 6.73. The van der Waals surface area contributed by atoms with Crippen molar-refractivity contribution in [2.24, 2.45) is 5.92 Å². The van der Waals surface area contributed by atoms with Crippen molar-refractivity contribution >= 4 is 0 Å². The first-order chi connectivity index (χ1) is 9.98. The van der Waals surface area contributed by atoms with Crippen molar-refractivity contribution in [1.29, 1.82) is 0 Å². The first-order valence-corrected chi connectivity index (χ1v) is 8.21. The molecule has 1 aromatic rings. The average Bonchev–Trinajstić information content (AvgIpc) is 2.49. The number of hydrogen-bond acceptors (Lipinski definition) is 2. The van der Waals surface area contributed by atoms with Gasteiger partial charge in [0.2, 0.25) is 0 Å². The third-order valence-corrected chi connectivity index (χ3v) is 5.28. The fourth-order valence-electron chi connectivity index (χ4n) is 3.11. The molecule has 1 aromatic carbocycles. The molecule has 1 fully saturated rings. The monoisotopic (exact) mass is 292 g/mol. The molecule has 1 heterocycles. The van der Waals surface area contributed by atoms with E-state index in [1.807, 2.05) is 12.1 Å². The molecule has 0 spiro atoms. The van der Waals surface area contributed by atoms with Gasteiger partial charge in [-0.2, -0.15) is 0 Å². The van der Waals surface area contributed by atoms with Crippen molar-refractivity contribution in [2.45, 2.75) is 58.7 Å². The van der Waals surface area contributed by atoms with Crippen LogP contribution in [0.4, 0.5) is 4.39 Å². The van der Waals surface area contributed by atoms with Crippen LogP contribution >= 0.6 is 0 Å². The molecule has 21 heavy (non-hydrogen) atoms. The Hall–Kier alpha value is -0.930. The zero-order chi connectivity index (χ0) is 15.5. The molecule has 0 aliphatic carbocycles. The number of nitrogens with zero attached hydrogens (tertiary/aromatic N) is 1. The van der Waals surface area contributed by atoms with Gasteiger partial charge in [0, 0.05) is 31.2 Å². The van der Waals surface area contributed by atoms with Gasteiger partial charge in [-0.1, -0.05) is 39.3 Å². The SMILES string of the molecule is CCC(C)C1CN(Cc2cccc(F)c2)C(C)(CC)CN1. The molecule has 3 heteroatoms. The van der Waals surface area contributed by atoms with Crippen LogP contribution in [0.25, 0.3) is 0 Å². The van der Waals surface area contributed by atoms with E-state index in [0.29, 0.717) is 12.0 Å². The average molecular weight is 292 g/mol. The van der Waals surface area contributed by atoms with Gasteiger partial charge in [0.25, 0.3) is 0 Å². The number of piperazine rings is 1. The van der Waals surface area contributed by atoms with E-state index in [1.54, 1.807) is 6.07 Å². The van der Waals surface area contributed by atoms with Crippen LogP contribution in [-0.4, -0.2) is 29.6 Å². The van der Waals surface area contributed by atoms with Crippen molar-refractivity contribution in [3.05, 3.63) is 35.6 Å². The fourth-order valence-corrected chi connectivity index (χ4v) is 3.11. The Morgan fingerprint density at radius 3 is 2.81 bits per heavy atom. The molecule has 1 saturated heterocycles. The van der Waals surface area contributed by atoms with Gasteiger partial charge in [-0.15, -0.1) is 0 Å². The summed E-state index contributed by atoms with van der Waals surface area (Å²) in [6.07, 6.45) is 2.29. The number of hydrogen-bond donors (Lipinski definition) is 1. The number of nitrogens with one attached hydrogen (secondary N) is 1. The maximum Gasteiger partial charge on any atom is 0.123 e. The van der Waals surface area contributed by atoms with E-state index in [2.05, 4.69) is 37.9 Å². The van der Waals surface area contributed by atoms with E-state index in [-0.39, 0.29) is 11.4 Å². The molecule has 2 rings (SSSR count). The summed E-state index contributed by atoms with van der Waals surface area (Å²) in [7, 11) is 0. The lowest BCUT2D eigenvalue weighted by molar-refractivity contribution is 0.0293. The van der Waals surface area contributed by atoms with Crippen LogP contribution in [0.1, 0.15) is 46.1 Å². The molecule has 0 saturated carbocycles. The molecule has 0 amide bonds. The summed E-state index contributed by atoms with van der Waals surface area (Å²) in [6.45, 7) is 12.0. The topological polar surface area (TPSA) is 15.3 Å². The van der Waals surface area contributed by atoms with E-state index in [1.165, 1.54) is 12.5 Å². The molecule has 1 aliphatic heterocycles. The summed E-state index contributed by atoms with van der Waals surface area (Å²) in [5.41, 5.74) is 1.22. The van der Waals surface area contributed by atoms with E-state index in [9.17, 15) is 4.39 Å². The van der Waals surface area contributed by atoms with Gasteiger partial charge < -0.3 is 5.32 Å². The molecule has 118 valence electrons. The summed E-state index contributed by atoms with van der Waals surface area (Å²) in [4.78, 5) is 2.54. The van der Waals surface area contributed by atoms with Gasteiger partial charge in [0.05, 0.1) is 0 Å². The van der Waals surface area contributed by atoms with Crippen molar-refractivity contribution in [3.8, 4) is 0 Å². The molecule has 1 aliphatic rings. The molecular formula is C18H29FN2. The minimum absolute atomic E-state index is 0.140. The number of rotatable bonds is 5. The van der Waals surface area contributed by atoms with E-state index in [4.69, 9.17) is 0 Å². The van der Waals surface area contributed by atoms with Gasteiger partial charge in [-0.25, -0.2) is 4.39 Å². The van der Waals surface area contributed by atoms with Gasteiger partial charge in [-0.05, 0) is 37.0 Å². The van der Waals surface area contributed by atoms with Crippen LogP contribution in [0.5, 0.6) is 0 Å². The summed E-state index contributed by atoms with van der Waals surface area (Å²) in [5, 5.41) is 3.72. The number of halogens is 1. The van der Waals surface area contributed by atoms with Crippen molar-refractivity contribution in [1.82, 2.24) is 10.2 Å². The quantitative estimate of drug-likeness (QED) is 0.887. The van der Waals surface area contributed by atoms with Gasteiger partial charge in [0.1, 0.15) is 5.82 Å². The Kier molecular flexibility index (Phi) is 5.39. The predicted molar refractivity (Wildman–Crippen MR) is 86.8 cm³/mol. The highest BCUT2D eigenvalue weighted by molar-refractivity contribution is 5.17. The molecule has 3 unspecified atom stereocenters. The van der Waals surface area contributed by atoms with Gasteiger partial charge in [0.15, 0.2) is 0 Å². The van der Waals surface area contributed by atoms with E-state index in [0.717, 1.165) is 31.6 Å². The normalized spacial score (nSPS) is 28.5. The molecule has 0 radical (unpaired) electrons. The Labute approximate surface area is 128 Å². The summed E-state index contributed by atoms with van der Waals surface area (Å²) in [5.74, 6) is 0.528. The largest absolute Gasteiger partial charge is 0.311 e. The standard InChI is InChI=1S/C18H29FN2/c1-5-14(3)17-12-21(18(4,6-2)13-20-17)11-15-8-7-9-16(19)10-15/h7-10,14,17,20H,5-6,11-13H2,1-4H3. The first-order valence-electron chi connectivity index (χ1n) is 8.21. The summed E-state index contributed by atoms with van der Waals surface area (Å²) < 4.78 is 13.4. The molecule has 3 atom stereocenters. The van der Waals surface area contributed by atoms with Crippen LogP contribution < -0.4 is 5.32 Å². The minimum atomic E-state index is -0.140. The molecule has 0 bridgehead atoms. The molecule has 0 aromatic heterocycles. The highest BCUT2D eigenvalue weighted by atomic mass is 19.1. The second-order valence-electron chi connectivity index (χ2n) is 6.73. The van der Waals surface area contributed by atoms with Crippen LogP contribution in [0.15, 0.2) is 24.3 Å². The maximum absolute atomic E-state index is 13.4. The van der Waals surface area contributed by atoms with Crippen molar-refractivity contribution < 1.29 is 4.39 Å². The Balaban J connectivity index is 2.14. The van der Waals surface area contributed by atoms with Crippen LogP contribution in [0, 0.1) is 11.7 Å². The first kappa shape index (κ1) is 16.4. The summed E-state index contributed by atoms with van der Waals surface area (Å²) >= 11 is 0. The third-order valence-electron chi connectivity index (χ3n) is 5.28. The molecular weight excluding hydrogens is 263 g/mol. The van der Waals surface area contributed by atoms with E-state index < -0.39 is 0 Å². The van der Waals surface area contributed by atoms with Gasteiger partial charge in [-0.3, -0.25) is 4.90 Å². The van der Waals surface area contributed by atoms with Crippen molar-refractivity contribution in [3.63, 3.8) is 0 Å². The predicted octanol–water partition coefficient (Wildman–Crippen LogP) is 3.81. The smallest absolute Gasteiger partial charge is 0.123 e. The highest BCUT2D eigenvalue weighted by Crippen LogP contribution is 2.27. The third kappa shape index (κ3) is 3.83. The maximum atomic E-state index is 13.4. The number of benzene rings is 1. The molecule has 1 N–H and O–H groups in total. The Morgan fingerprint density at radius 1 is 1.43 bits per heavy atom. The van der Waals surface area contributed by atoms with Crippen LogP contribution in [-0.2, 0) is 6.54 Å². The van der Waals surface area contributed by atoms with Gasteiger partial charge >= 0.3 is 0 Å². The fraction of sp³-hybridized carbons (Fsp3) is 0.667. The Bertz CT molecular complexity index is 462. The minimum Gasteiger partial charge on any atom is -0.311 e. The Morgan fingerprint density at radius 2 is 2.19 bits per heavy atom. The van der Waals surface area contributed by atoms with Crippen molar-refractivity contribution in [2.75, 3.05) is 13.1 Å². The lowest BCUT2D eigenvalue weighted by Gasteiger charge is -2.49. The lowest BCUT2D eigenvalue weighted by atomic mass is 9.87. The van der Waals surface area contributed by atoms with E-state index >= 15 is 0 Å². The van der Waals surface area contributed by atoms with Crippen LogP contribution in [0.3, 0.4) is 0 Å². The highest BCUT2D eigenvalue weighted by Gasteiger charge is 2.37. The lowest BCUT2D eigenvalue weighted by Crippen LogP contribution is -2.63. The zero-order valence-corrected chi connectivity index (χ0v) is 13.8. The van der Waals surface area contributed by atoms with Crippen LogP contribution in [0.2, 0.25) is 0 Å². The second kappa shape index (κ2) is 6.89. The zero-order valence-electron chi connectivity index (χ0n) is 13.8. The molecule has 2 nitrogen and oxygen atoms in total.